The van der Waals surface area contributed by atoms with Crippen molar-refractivity contribution in [2.45, 2.75) is 6.92 Å². The number of hydrogen-bond donors (Lipinski definition) is 0. The van der Waals surface area contributed by atoms with E-state index in [2.05, 4.69) is 27.6 Å². The lowest BCUT2D eigenvalue weighted by atomic mass is 10.2. The number of aliphatic imine (C=N–C) groups is 1. The molecule has 2 heterocycles. The highest BCUT2D eigenvalue weighted by atomic mass is 127. The minimum atomic E-state index is -0.465. The molecule has 20 heavy (non-hydrogen) atoms. The summed E-state index contributed by atoms with van der Waals surface area (Å²) in [4.78, 5) is 16.0. The molecule has 0 unspecified atom stereocenters. The molecule has 0 saturated heterocycles. The molecule has 0 fully saturated rings. The lowest BCUT2D eigenvalue weighted by Crippen LogP contribution is -2.05. The number of aryl methyl sites for hydroxylation is 1. The maximum Gasteiger partial charge on any atom is 0.363 e. The quantitative estimate of drug-likeness (QED) is 0.456. The van der Waals surface area contributed by atoms with Crippen LogP contribution in [-0.4, -0.2) is 11.9 Å². The van der Waals surface area contributed by atoms with Gasteiger partial charge >= 0.3 is 5.97 Å². The van der Waals surface area contributed by atoms with Crippen molar-refractivity contribution >= 4 is 40.5 Å². The fraction of sp³-hybridized carbons (Fsp3) is 0.0667. The number of rotatable bonds is 2. The molecule has 1 aliphatic heterocycles. The Labute approximate surface area is 129 Å². The van der Waals surface area contributed by atoms with Gasteiger partial charge in [-0.2, -0.15) is 0 Å². The zero-order chi connectivity index (χ0) is 14.1. The second kappa shape index (κ2) is 5.24. The first-order valence-electron chi connectivity index (χ1n) is 5.97. The number of halogens is 1. The van der Waals surface area contributed by atoms with Gasteiger partial charge in [0.1, 0.15) is 11.5 Å². The Balaban J connectivity index is 1.92. The summed E-state index contributed by atoms with van der Waals surface area (Å²) < 4.78 is 11.7. The van der Waals surface area contributed by atoms with Crippen LogP contribution in [-0.2, 0) is 9.53 Å². The standard InChI is InChI=1S/C15H10INO3/c1-9-2-7-12(19-9)8-13-15(18)20-14(17-13)10-3-5-11(16)6-4-10/h2-8H,1H3/b13-8+. The second-order valence-electron chi connectivity index (χ2n) is 4.29. The molecule has 100 valence electrons. The minimum Gasteiger partial charge on any atom is -0.462 e. The highest BCUT2D eigenvalue weighted by Gasteiger charge is 2.24. The summed E-state index contributed by atoms with van der Waals surface area (Å²) in [5, 5.41) is 0. The number of hydrogen-bond acceptors (Lipinski definition) is 4. The zero-order valence-corrected chi connectivity index (χ0v) is 12.7. The summed E-state index contributed by atoms with van der Waals surface area (Å²) in [5.74, 6) is 1.22. The molecule has 1 aliphatic rings. The van der Waals surface area contributed by atoms with E-state index in [-0.39, 0.29) is 5.70 Å². The van der Waals surface area contributed by atoms with Gasteiger partial charge in [-0.25, -0.2) is 9.79 Å². The largest absolute Gasteiger partial charge is 0.462 e. The molecular weight excluding hydrogens is 369 g/mol. The number of ether oxygens (including phenoxy) is 1. The predicted octanol–water partition coefficient (Wildman–Crippen LogP) is 3.54. The molecule has 5 heteroatoms. The number of carbonyl (C=O) groups is 1. The topological polar surface area (TPSA) is 51.8 Å². The van der Waals surface area contributed by atoms with E-state index in [1.807, 2.05) is 37.3 Å². The molecular formula is C15H10INO3. The van der Waals surface area contributed by atoms with Crippen LogP contribution in [0.5, 0.6) is 0 Å². The Hall–Kier alpha value is -1.89. The fourth-order valence-electron chi connectivity index (χ4n) is 1.79. The van der Waals surface area contributed by atoms with Crippen molar-refractivity contribution in [2.24, 2.45) is 4.99 Å². The summed E-state index contributed by atoms with van der Waals surface area (Å²) in [6.45, 7) is 1.84. The third-order valence-electron chi connectivity index (χ3n) is 2.75. The molecule has 0 aliphatic carbocycles. The van der Waals surface area contributed by atoms with Crippen molar-refractivity contribution < 1.29 is 13.9 Å². The summed E-state index contributed by atoms with van der Waals surface area (Å²) in [6, 6.07) is 11.2. The molecule has 1 aromatic heterocycles. The molecule has 0 spiro atoms. The van der Waals surface area contributed by atoms with Crippen LogP contribution >= 0.6 is 22.6 Å². The van der Waals surface area contributed by atoms with Crippen LogP contribution < -0.4 is 0 Å². The van der Waals surface area contributed by atoms with Crippen molar-refractivity contribution in [2.75, 3.05) is 0 Å². The van der Waals surface area contributed by atoms with Gasteiger partial charge in [-0.05, 0) is 65.9 Å². The first-order chi connectivity index (χ1) is 9.61. The van der Waals surface area contributed by atoms with Crippen LogP contribution in [0.25, 0.3) is 6.08 Å². The van der Waals surface area contributed by atoms with E-state index in [0.717, 1.165) is 14.9 Å². The third kappa shape index (κ3) is 2.67. The number of nitrogens with zero attached hydrogens (tertiary/aromatic N) is 1. The van der Waals surface area contributed by atoms with E-state index in [0.29, 0.717) is 11.7 Å². The van der Waals surface area contributed by atoms with Gasteiger partial charge in [-0.3, -0.25) is 0 Å². The van der Waals surface area contributed by atoms with Crippen LogP contribution in [0.3, 0.4) is 0 Å². The van der Waals surface area contributed by atoms with Crippen LogP contribution in [0.2, 0.25) is 0 Å². The van der Waals surface area contributed by atoms with Crippen molar-refractivity contribution in [1.82, 2.24) is 0 Å². The molecule has 4 nitrogen and oxygen atoms in total. The van der Waals surface area contributed by atoms with Gasteiger partial charge in [0.15, 0.2) is 5.70 Å². The molecule has 0 bridgehead atoms. The molecule has 1 aromatic carbocycles. The molecule has 2 aromatic rings. The van der Waals surface area contributed by atoms with Gasteiger partial charge in [0.05, 0.1) is 0 Å². The third-order valence-corrected chi connectivity index (χ3v) is 3.47. The van der Waals surface area contributed by atoms with E-state index in [1.165, 1.54) is 0 Å². The Kier molecular flexibility index (Phi) is 3.43. The van der Waals surface area contributed by atoms with Crippen LogP contribution in [0.4, 0.5) is 0 Å². The number of carbonyl (C=O) groups excluding carboxylic acids is 1. The van der Waals surface area contributed by atoms with Crippen molar-refractivity contribution in [3.8, 4) is 0 Å². The first-order valence-corrected chi connectivity index (χ1v) is 7.04. The lowest BCUT2D eigenvalue weighted by molar-refractivity contribution is -0.129. The van der Waals surface area contributed by atoms with Crippen LogP contribution in [0.15, 0.2) is 51.5 Å². The zero-order valence-electron chi connectivity index (χ0n) is 10.6. The summed E-state index contributed by atoms with van der Waals surface area (Å²) in [6.07, 6.45) is 1.58. The lowest BCUT2D eigenvalue weighted by Gasteiger charge is -1.98. The van der Waals surface area contributed by atoms with Crippen molar-refractivity contribution in [3.05, 3.63) is 62.7 Å². The predicted molar refractivity (Wildman–Crippen MR) is 83.2 cm³/mol. The molecule has 0 radical (unpaired) electrons. The Bertz CT molecular complexity index is 726. The Morgan fingerprint density at radius 1 is 1.15 bits per heavy atom. The van der Waals surface area contributed by atoms with E-state index in [4.69, 9.17) is 9.15 Å². The number of cyclic esters (lactones) is 1. The van der Waals surface area contributed by atoms with Gasteiger partial charge in [0, 0.05) is 15.2 Å². The van der Waals surface area contributed by atoms with Gasteiger partial charge < -0.3 is 9.15 Å². The minimum absolute atomic E-state index is 0.243. The smallest absolute Gasteiger partial charge is 0.363 e. The van der Waals surface area contributed by atoms with E-state index >= 15 is 0 Å². The maximum atomic E-state index is 11.8. The molecule has 0 amide bonds. The molecule has 0 N–H and O–H groups in total. The van der Waals surface area contributed by atoms with Crippen LogP contribution in [0, 0.1) is 10.5 Å². The van der Waals surface area contributed by atoms with Gasteiger partial charge in [0.2, 0.25) is 5.90 Å². The van der Waals surface area contributed by atoms with E-state index < -0.39 is 5.97 Å². The average Bonchev–Trinajstić information content (AvgIpc) is 2.98. The van der Waals surface area contributed by atoms with Gasteiger partial charge in [-0.15, -0.1) is 0 Å². The van der Waals surface area contributed by atoms with Gasteiger partial charge in [-0.1, -0.05) is 0 Å². The Morgan fingerprint density at radius 2 is 1.90 bits per heavy atom. The van der Waals surface area contributed by atoms with E-state index in [1.54, 1.807) is 12.1 Å². The number of furan rings is 1. The van der Waals surface area contributed by atoms with Crippen molar-refractivity contribution in [3.63, 3.8) is 0 Å². The highest BCUT2D eigenvalue weighted by molar-refractivity contribution is 14.1. The van der Waals surface area contributed by atoms with Crippen molar-refractivity contribution in [1.29, 1.82) is 0 Å². The molecule has 0 saturated carbocycles. The molecule has 3 rings (SSSR count). The van der Waals surface area contributed by atoms with E-state index in [9.17, 15) is 4.79 Å². The average molecular weight is 379 g/mol. The summed E-state index contributed by atoms with van der Waals surface area (Å²) in [7, 11) is 0. The van der Waals surface area contributed by atoms with Gasteiger partial charge in [0.25, 0.3) is 0 Å². The summed E-state index contributed by atoms with van der Waals surface area (Å²) >= 11 is 2.21. The monoisotopic (exact) mass is 379 g/mol. The fourth-order valence-corrected chi connectivity index (χ4v) is 2.15. The number of esters is 1. The second-order valence-corrected chi connectivity index (χ2v) is 5.54. The normalized spacial score (nSPS) is 16.4. The summed E-state index contributed by atoms with van der Waals surface area (Å²) in [5.41, 5.74) is 1.02. The Morgan fingerprint density at radius 3 is 2.55 bits per heavy atom. The SMILES string of the molecule is Cc1ccc(/C=C2/N=C(c3ccc(I)cc3)OC2=O)o1. The maximum absolute atomic E-state index is 11.8. The molecule has 0 atom stereocenters. The highest BCUT2D eigenvalue weighted by Crippen LogP contribution is 2.20. The van der Waals surface area contributed by atoms with Crippen LogP contribution in [0.1, 0.15) is 17.1 Å². The number of benzene rings is 1. The first kappa shape index (κ1) is 13.1.